The molecule has 0 saturated heterocycles. The highest BCUT2D eigenvalue weighted by Crippen LogP contribution is 2.36. The Hall–Kier alpha value is -2.72. The average molecular weight is 427 g/mol. The van der Waals surface area contributed by atoms with Crippen molar-refractivity contribution in [3.63, 3.8) is 0 Å². The fraction of sp³-hybridized carbons (Fsp3) is 0.0500. The van der Waals surface area contributed by atoms with Crippen molar-refractivity contribution in [2.75, 3.05) is 0 Å². The maximum Gasteiger partial charge on any atom is 0.212 e. The van der Waals surface area contributed by atoms with Crippen molar-refractivity contribution in [1.29, 1.82) is 5.26 Å². The van der Waals surface area contributed by atoms with E-state index < -0.39 is 5.78 Å². The van der Waals surface area contributed by atoms with Gasteiger partial charge < -0.3 is 5.32 Å². The van der Waals surface area contributed by atoms with Crippen LogP contribution in [0, 0.1) is 11.3 Å². The summed E-state index contributed by atoms with van der Waals surface area (Å²) < 4.78 is 1.30. The molecule has 1 aromatic heterocycles. The van der Waals surface area contributed by atoms with Gasteiger partial charge in [-0.1, -0.05) is 77.4 Å². The molecule has 1 aliphatic heterocycles. The summed E-state index contributed by atoms with van der Waals surface area (Å²) in [5, 5.41) is 21.3. The number of carbonyl (C=O) groups is 1. The van der Waals surface area contributed by atoms with Gasteiger partial charge in [0.05, 0.1) is 16.3 Å². The third kappa shape index (κ3) is 3.08. The number of hydrogen-bond donors (Lipinski definition) is 1. The Morgan fingerprint density at radius 3 is 2.68 bits per heavy atom. The molecule has 28 heavy (non-hydrogen) atoms. The predicted molar refractivity (Wildman–Crippen MR) is 113 cm³/mol. The lowest BCUT2D eigenvalue weighted by molar-refractivity contribution is 0.103. The van der Waals surface area contributed by atoms with E-state index in [4.69, 9.17) is 23.2 Å². The van der Waals surface area contributed by atoms with Crippen LogP contribution in [-0.2, 0) is 7.05 Å². The largest absolute Gasteiger partial charge is 0.348 e. The highest BCUT2D eigenvalue weighted by Gasteiger charge is 2.28. The SMILES string of the molecule is Cn1nc(Cl)c(C(=O)/C(C#N)=C2\NC(c3cccc4ccccc34)=CS2)c1Cl. The first-order valence-electron chi connectivity index (χ1n) is 8.20. The second-order valence-electron chi connectivity index (χ2n) is 6.03. The van der Waals surface area contributed by atoms with Crippen molar-refractivity contribution in [2.24, 2.45) is 7.05 Å². The van der Waals surface area contributed by atoms with Gasteiger partial charge in [0.25, 0.3) is 0 Å². The number of ketones is 1. The third-order valence-electron chi connectivity index (χ3n) is 4.35. The maximum absolute atomic E-state index is 12.9. The molecule has 2 aromatic carbocycles. The first-order chi connectivity index (χ1) is 13.5. The first-order valence-corrected chi connectivity index (χ1v) is 9.84. The summed E-state index contributed by atoms with van der Waals surface area (Å²) >= 11 is 13.4. The minimum absolute atomic E-state index is 0.0240. The van der Waals surface area contributed by atoms with Gasteiger partial charge in [0.1, 0.15) is 16.8 Å². The molecule has 0 atom stereocenters. The van der Waals surface area contributed by atoms with Gasteiger partial charge in [-0.3, -0.25) is 9.48 Å². The number of carbonyl (C=O) groups excluding carboxylic acids is 1. The minimum atomic E-state index is -0.562. The molecule has 3 aromatic rings. The number of aryl methyl sites for hydroxylation is 1. The number of nitrogens with one attached hydrogen (secondary N) is 1. The number of fused-ring (bicyclic) bond motifs is 1. The monoisotopic (exact) mass is 426 g/mol. The minimum Gasteiger partial charge on any atom is -0.348 e. The Balaban J connectivity index is 1.72. The molecule has 2 heterocycles. The van der Waals surface area contributed by atoms with Gasteiger partial charge in [-0.2, -0.15) is 10.4 Å². The van der Waals surface area contributed by atoms with Gasteiger partial charge >= 0.3 is 0 Å². The maximum atomic E-state index is 12.9. The topological polar surface area (TPSA) is 70.7 Å². The first kappa shape index (κ1) is 18.6. The number of nitriles is 1. The Morgan fingerprint density at radius 1 is 1.21 bits per heavy atom. The molecular formula is C20H12Cl2N4OS. The number of aromatic nitrogens is 2. The van der Waals surface area contributed by atoms with Crippen molar-refractivity contribution in [3.05, 3.63) is 79.9 Å². The molecule has 1 aliphatic rings. The highest BCUT2D eigenvalue weighted by molar-refractivity contribution is 8.06. The number of rotatable bonds is 3. The highest BCUT2D eigenvalue weighted by atomic mass is 35.5. The summed E-state index contributed by atoms with van der Waals surface area (Å²) in [5.74, 6) is -0.562. The Morgan fingerprint density at radius 2 is 1.96 bits per heavy atom. The van der Waals surface area contributed by atoms with E-state index in [0.717, 1.165) is 22.0 Å². The number of allylic oxidation sites excluding steroid dienone is 1. The zero-order valence-corrected chi connectivity index (χ0v) is 16.9. The molecule has 0 spiro atoms. The Bertz CT molecular complexity index is 1230. The summed E-state index contributed by atoms with van der Waals surface area (Å²) in [6.07, 6.45) is 0. The van der Waals surface area contributed by atoms with Crippen molar-refractivity contribution in [2.45, 2.75) is 0 Å². The van der Waals surface area contributed by atoms with Crippen LogP contribution in [0.15, 0.2) is 58.5 Å². The van der Waals surface area contributed by atoms with E-state index in [1.807, 2.05) is 53.9 Å². The average Bonchev–Trinajstić information content (AvgIpc) is 3.26. The Labute approximate surface area is 175 Å². The molecule has 0 unspecified atom stereocenters. The van der Waals surface area contributed by atoms with Gasteiger partial charge in [-0.05, 0) is 10.8 Å². The third-order valence-corrected chi connectivity index (χ3v) is 5.94. The second kappa shape index (κ2) is 7.36. The lowest BCUT2D eigenvalue weighted by atomic mass is 10.0. The van der Waals surface area contributed by atoms with Crippen molar-refractivity contribution >= 4 is 57.2 Å². The van der Waals surface area contributed by atoms with Crippen LogP contribution in [0.3, 0.4) is 0 Å². The number of benzene rings is 2. The summed E-state index contributed by atoms with van der Waals surface area (Å²) in [6.45, 7) is 0. The molecule has 0 saturated carbocycles. The molecule has 5 nitrogen and oxygen atoms in total. The zero-order valence-electron chi connectivity index (χ0n) is 14.5. The number of thioether (sulfide) groups is 1. The van der Waals surface area contributed by atoms with Crippen LogP contribution in [0.25, 0.3) is 16.5 Å². The van der Waals surface area contributed by atoms with Crippen LogP contribution in [0.4, 0.5) is 0 Å². The Kier molecular flexibility index (Phi) is 4.90. The summed E-state index contributed by atoms with van der Waals surface area (Å²) in [4.78, 5) is 12.9. The molecule has 0 aliphatic carbocycles. The van der Waals surface area contributed by atoms with Crippen LogP contribution in [-0.4, -0.2) is 15.6 Å². The molecule has 0 amide bonds. The summed E-state index contributed by atoms with van der Waals surface area (Å²) in [6, 6.07) is 16.0. The molecule has 0 bridgehead atoms. The molecule has 138 valence electrons. The van der Waals surface area contributed by atoms with E-state index in [9.17, 15) is 10.1 Å². The smallest absolute Gasteiger partial charge is 0.212 e. The van der Waals surface area contributed by atoms with Gasteiger partial charge in [-0.15, -0.1) is 0 Å². The standard InChI is InChI=1S/C20H12Cl2N4OS/c1-26-19(22)16(18(21)25-26)17(27)14(9-23)20-24-15(10-28-20)13-8-4-6-11-5-2-3-7-12(11)13/h2-8,10,24H,1H3/b20-14+. The van der Waals surface area contributed by atoms with E-state index in [0.29, 0.717) is 5.03 Å². The van der Waals surface area contributed by atoms with Gasteiger partial charge in [0, 0.05) is 18.0 Å². The second-order valence-corrected chi connectivity index (χ2v) is 7.62. The van der Waals surface area contributed by atoms with E-state index in [2.05, 4.69) is 10.4 Å². The fourth-order valence-corrected chi connectivity index (χ4v) is 4.40. The van der Waals surface area contributed by atoms with E-state index in [1.54, 1.807) is 7.05 Å². The van der Waals surface area contributed by atoms with Crippen LogP contribution in [0.2, 0.25) is 10.3 Å². The molecular weight excluding hydrogens is 415 g/mol. The number of hydrogen-bond acceptors (Lipinski definition) is 5. The molecule has 0 fully saturated rings. The number of halogens is 2. The quantitative estimate of drug-likeness (QED) is 0.356. The van der Waals surface area contributed by atoms with Crippen LogP contribution in [0.5, 0.6) is 0 Å². The molecule has 0 radical (unpaired) electrons. The predicted octanol–water partition coefficient (Wildman–Crippen LogP) is 5.13. The summed E-state index contributed by atoms with van der Waals surface area (Å²) in [7, 11) is 1.58. The van der Waals surface area contributed by atoms with E-state index >= 15 is 0 Å². The molecule has 8 heteroatoms. The normalized spacial score (nSPS) is 15.1. The van der Waals surface area contributed by atoms with Crippen LogP contribution < -0.4 is 5.32 Å². The van der Waals surface area contributed by atoms with Crippen LogP contribution >= 0.6 is 35.0 Å². The van der Waals surface area contributed by atoms with Crippen molar-refractivity contribution < 1.29 is 4.79 Å². The van der Waals surface area contributed by atoms with Crippen molar-refractivity contribution in [1.82, 2.24) is 15.1 Å². The van der Waals surface area contributed by atoms with Gasteiger partial charge in [0.15, 0.2) is 5.15 Å². The van der Waals surface area contributed by atoms with Gasteiger partial charge in [0.2, 0.25) is 5.78 Å². The van der Waals surface area contributed by atoms with Gasteiger partial charge in [-0.25, -0.2) is 0 Å². The molecule has 1 N–H and O–H groups in total. The fourth-order valence-electron chi connectivity index (χ4n) is 3.00. The lowest BCUT2D eigenvalue weighted by Gasteiger charge is -2.10. The number of nitrogens with zero attached hydrogens (tertiary/aromatic N) is 3. The number of Topliss-reactive ketones (excluding diaryl/α,β-unsaturated/α-hetero) is 1. The van der Waals surface area contributed by atoms with Crippen LogP contribution in [0.1, 0.15) is 15.9 Å². The summed E-state index contributed by atoms with van der Waals surface area (Å²) in [5.41, 5.74) is 1.77. The van der Waals surface area contributed by atoms with Crippen molar-refractivity contribution in [3.8, 4) is 6.07 Å². The zero-order chi connectivity index (χ0) is 19.8. The lowest BCUT2D eigenvalue weighted by Crippen LogP contribution is -2.12. The van der Waals surface area contributed by atoms with E-state index in [1.165, 1.54) is 16.4 Å². The van der Waals surface area contributed by atoms with E-state index in [-0.39, 0.29) is 21.4 Å². The molecule has 4 rings (SSSR count).